The summed E-state index contributed by atoms with van der Waals surface area (Å²) < 4.78 is 11.1. The number of Topliss-reactive ketones (excluding diaryl/α,β-unsaturated/α-hetero) is 1. The van der Waals surface area contributed by atoms with Crippen molar-refractivity contribution in [3.8, 4) is 11.5 Å². The van der Waals surface area contributed by atoms with Crippen LogP contribution in [0.5, 0.6) is 11.5 Å². The minimum Gasteiger partial charge on any atom is -0.490 e. The molecule has 0 aromatic heterocycles. The Labute approximate surface area is 94.6 Å². The molecule has 1 heterocycles. The Morgan fingerprint density at radius 2 is 2.06 bits per heavy atom. The SMILES string of the molecule is CC(=O)CNc1ccc2c(c1)OCCCO2. The van der Waals surface area contributed by atoms with Crippen LogP contribution in [0.25, 0.3) is 0 Å². The summed E-state index contributed by atoms with van der Waals surface area (Å²) in [4.78, 5) is 10.8. The quantitative estimate of drug-likeness (QED) is 0.846. The molecular formula is C12H15NO3. The second-order valence-corrected chi connectivity index (χ2v) is 3.77. The summed E-state index contributed by atoms with van der Waals surface area (Å²) in [5, 5.41) is 3.03. The van der Waals surface area contributed by atoms with Gasteiger partial charge >= 0.3 is 0 Å². The molecule has 0 saturated carbocycles. The number of ketones is 1. The van der Waals surface area contributed by atoms with E-state index in [1.54, 1.807) is 6.92 Å². The fraction of sp³-hybridized carbons (Fsp3) is 0.417. The lowest BCUT2D eigenvalue weighted by Crippen LogP contribution is -2.09. The molecule has 0 amide bonds. The van der Waals surface area contributed by atoms with E-state index < -0.39 is 0 Å². The van der Waals surface area contributed by atoms with Crippen LogP contribution in [-0.2, 0) is 4.79 Å². The van der Waals surface area contributed by atoms with Gasteiger partial charge in [0.05, 0.1) is 19.8 Å². The first kappa shape index (κ1) is 10.8. The predicted molar refractivity (Wildman–Crippen MR) is 61.2 cm³/mol. The Morgan fingerprint density at radius 3 is 2.81 bits per heavy atom. The molecule has 0 unspecified atom stereocenters. The van der Waals surface area contributed by atoms with Crippen molar-refractivity contribution in [3.05, 3.63) is 18.2 Å². The first-order chi connectivity index (χ1) is 7.75. The molecule has 0 bridgehead atoms. The monoisotopic (exact) mass is 221 g/mol. The first-order valence-corrected chi connectivity index (χ1v) is 5.38. The number of nitrogens with one attached hydrogen (secondary N) is 1. The molecule has 1 aliphatic rings. The number of benzene rings is 1. The highest BCUT2D eigenvalue weighted by Gasteiger charge is 2.10. The standard InChI is InChI=1S/C12H15NO3/c1-9(14)8-13-10-3-4-11-12(7-10)16-6-2-5-15-11/h3-4,7,13H,2,5-6,8H2,1H3. The summed E-state index contributed by atoms with van der Waals surface area (Å²) >= 11 is 0. The van der Waals surface area contributed by atoms with E-state index in [2.05, 4.69) is 5.32 Å². The Kier molecular flexibility index (Phi) is 3.29. The van der Waals surface area contributed by atoms with Gasteiger partial charge in [0.1, 0.15) is 5.78 Å². The fourth-order valence-corrected chi connectivity index (χ4v) is 1.50. The summed E-state index contributed by atoms with van der Waals surface area (Å²) in [6.07, 6.45) is 0.894. The maximum atomic E-state index is 10.8. The van der Waals surface area contributed by atoms with Gasteiger partial charge < -0.3 is 14.8 Å². The molecule has 4 heteroatoms. The Hall–Kier alpha value is -1.71. The molecule has 16 heavy (non-hydrogen) atoms. The van der Waals surface area contributed by atoms with Gasteiger partial charge in [-0.3, -0.25) is 4.79 Å². The molecule has 1 aliphatic heterocycles. The van der Waals surface area contributed by atoms with Crippen LogP contribution in [0.2, 0.25) is 0 Å². The van der Waals surface area contributed by atoms with E-state index >= 15 is 0 Å². The molecular weight excluding hydrogens is 206 g/mol. The summed E-state index contributed by atoms with van der Waals surface area (Å²) in [6, 6.07) is 5.61. The molecule has 4 nitrogen and oxygen atoms in total. The minimum absolute atomic E-state index is 0.104. The van der Waals surface area contributed by atoms with Gasteiger partial charge in [0, 0.05) is 18.2 Å². The molecule has 1 N–H and O–H groups in total. The number of fused-ring (bicyclic) bond motifs is 1. The van der Waals surface area contributed by atoms with E-state index in [9.17, 15) is 4.79 Å². The topological polar surface area (TPSA) is 47.6 Å². The van der Waals surface area contributed by atoms with Gasteiger partial charge in [-0.25, -0.2) is 0 Å². The molecule has 0 fully saturated rings. The third kappa shape index (κ3) is 2.66. The number of anilines is 1. The van der Waals surface area contributed by atoms with Gasteiger partial charge in [0.15, 0.2) is 11.5 Å². The highest BCUT2D eigenvalue weighted by Crippen LogP contribution is 2.32. The lowest BCUT2D eigenvalue weighted by atomic mass is 10.2. The normalized spacial score (nSPS) is 14.1. The van der Waals surface area contributed by atoms with E-state index in [1.165, 1.54) is 0 Å². The van der Waals surface area contributed by atoms with Gasteiger partial charge in [0.25, 0.3) is 0 Å². The third-order valence-electron chi connectivity index (χ3n) is 2.29. The summed E-state index contributed by atoms with van der Waals surface area (Å²) in [5.74, 6) is 1.61. The Balaban J connectivity index is 2.11. The van der Waals surface area contributed by atoms with Crippen LogP contribution in [-0.4, -0.2) is 25.5 Å². The molecule has 2 rings (SSSR count). The van der Waals surface area contributed by atoms with Crippen molar-refractivity contribution in [2.45, 2.75) is 13.3 Å². The average Bonchev–Trinajstić information content (AvgIpc) is 2.50. The van der Waals surface area contributed by atoms with Crippen LogP contribution in [0.15, 0.2) is 18.2 Å². The molecule has 1 aromatic rings. The molecule has 0 saturated heterocycles. The number of carbonyl (C=O) groups is 1. The maximum absolute atomic E-state index is 10.8. The van der Waals surface area contributed by atoms with E-state index in [0.29, 0.717) is 19.8 Å². The zero-order valence-electron chi connectivity index (χ0n) is 9.29. The van der Waals surface area contributed by atoms with Gasteiger partial charge in [-0.2, -0.15) is 0 Å². The smallest absolute Gasteiger partial charge is 0.163 e. The van der Waals surface area contributed by atoms with Crippen molar-refractivity contribution in [1.29, 1.82) is 0 Å². The molecule has 0 aliphatic carbocycles. The zero-order valence-corrected chi connectivity index (χ0v) is 9.29. The van der Waals surface area contributed by atoms with E-state index in [1.807, 2.05) is 18.2 Å². The van der Waals surface area contributed by atoms with Crippen molar-refractivity contribution in [3.63, 3.8) is 0 Å². The number of carbonyl (C=O) groups excluding carboxylic acids is 1. The molecule has 86 valence electrons. The van der Waals surface area contributed by atoms with Crippen molar-refractivity contribution in [2.75, 3.05) is 25.1 Å². The van der Waals surface area contributed by atoms with Crippen LogP contribution in [0.1, 0.15) is 13.3 Å². The van der Waals surface area contributed by atoms with Crippen molar-refractivity contribution in [1.82, 2.24) is 0 Å². The fourth-order valence-electron chi connectivity index (χ4n) is 1.50. The Morgan fingerprint density at radius 1 is 1.31 bits per heavy atom. The second-order valence-electron chi connectivity index (χ2n) is 3.77. The van der Waals surface area contributed by atoms with Gasteiger partial charge in [-0.05, 0) is 19.1 Å². The van der Waals surface area contributed by atoms with Crippen LogP contribution in [0.4, 0.5) is 5.69 Å². The molecule has 0 radical (unpaired) electrons. The summed E-state index contributed by atoms with van der Waals surface area (Å²) in [7, 11) is 0. The van der Waals surface area contributed by atoms with Crippen molar-refractivity contribution >= 4 is 11.5 Å². The molecule has 0 spiro atoms. The highest BCUT2D eigenvalue weighted by atomic mass is 16.5. The minimum atomic E-state index is 0.104. The van der Waals surface area contributed by atoms with Crippen molar-refractivity contribution in [2.24, 2.45) is 0 Å². The lowest BCUT2D eigenvalue weighted by Gasteiger charge is -2.10. The Bertz CT molecular complexity index is 390. The van der Waals surface area contributed by atoms with Gasteiger partial charge in [0.2, 0.25) is 0 Å². The van der Waals surface area contributed by atoms with Crippen molar-refractivity contribution < 1.29 is 14.3 Å². The summed E-state index contributed by atoms with van der Waals surface area (Å²) in [5.41, 5.74) is 0.874. The van der Waals surface area contributed by atoms with E-state index in [4.69, 9.17) is 9.47 Å². The predicted octanol–water partition coefficient (Wildman–Crippen LogP) is 1.85. The van der Waals surface area contributed by atoms with Gasteiger partial charge in [-0.1, -0.05) is 0 Å². The number of hydrogen-bond acceptors (Lipinski definition) is 4. The largest absolute Gasteiger partial charge is 0.490 e. The second kappa shape index (κ2) is 4.88. The lowest BCUT2D eigenvalue weighted by molar-refractivity contribution is -0.115. The first-order valence-electron chi connectivity index (χ1n) is 5.38. The van der Waals surface area contributed by atoms with E-state index in [-0.39, 0.29) is 5.78 Å². The zero-order chi connectivity index (χ0) is 11.4. The van der Waals surface area contributed by atoms with Crippen LogP contribution in [0.3, 0.4) is 0 Å². The summed E-state index contributed by atoms with van der Waals surface area (Å²) in [6.45, 7) is 3.24. The van der Waals surface area contributed by atoms with E-state index in [0.717, 1.165) is 23.6 Å². The van der Waals surface area contributed by atoms with Crippen LogP contribution >= 0.6 is 0 Å². The number of ether oxygens (including phenoxy) is 2. The highest BCUT2D eigenvalue weighted by molar-refractivity contribution is 5.80. The number of hydrogen-bond donors (Lipinski definition) is 1. The maximum Gasteiger partial charge on any atom is 0.163 e. The third-order valence-corrected chi connectivity index (χ3v) is 2.29. The van der Waals surface area contributed by atoms with Crippen LogP contribution < -0.4 is 14.8 Å². The van der Waals surface area contributed by atoms with Crippen LogP contribution in [0, 0.1) is 0 Å². The molecule has 1 aromatic carbocycles. The average molecular weight is 221 g/mol. The number of rotatable bonds is 3. The molecule has 0 atom stereocenters. The van der Waals surface area contributed by atoms with Gasteiger partial charge in [-0.15, -0.1) is 0 Å².